The quantitative estimate of drug-likeness (QED) is 0.521. The standard InChI is InChI=1S/C19H27N3O2S/c1-12(2)9-22(10-13(3)4)18(24)11-25-19-16(8-20)7-17(15(6)23)14(5)21-19/h7,12-13H,9-11H2,1-6H3. The van der Waals surface area contributed by atoms with Crippen molar-refractivity contribution in [3.63, 3.8) is 0 Å². The van der Waals surface area contributed by atoms with Gasteiger partial charge in [-0.05, 0) is 31.7 Å². The summed E-state index contributed by atoms with van der Waals surface area (Å²) in [6.45, 7) is 13.0. The molecular weight excluding hydrogens is 334 g/mol. The Hall–Kier alpha value is -1.87. The molecule has 5 nitrogen and oxygen atoms in total. The molecule has 1 rings (SSSR count). The van der Waals surface area contributed by atoms with E-state index in [4.69, 9.17) is 0 Å². The molecule has 0 aliphatic carbocycles. The van der Waals surface area contributed by atoms with E-state index >= 15 is 0 Å². The van der Waals surface area contributed by atoms with Crippen LogP contribution in [0.5, 0.6) is 0 Å². The van der Waals surface area contributed by atoms with Crippen molar-refractivity contribution in [1.82, 2.24) is 9.88 Å². The molecule has 0 atom stereocenters. The van der Waals surface area contributed by atoms with E-state index in [1.807, 2.05) is 4.90 Å². The van der Waals surface area contributed by atoms with E-state index in [-0.39, 0.29) is 17.4 Å². The van der Waals surface area contributed by atoms with Gasteiger partial charge in [0.1, 0.15) is 11.1 Å². The third kappa shape index (κ3) is 6.50. The minimum absolute atomic E-state index is 0.0476. The van der Waals surface area contributed by atoms with Crippen molar-refractivity contribution in [2.75, 3.05) is 18.8 Å². The number of nitriles is 1. The number of amides is 1. The molecular formula is C19H27N3O2S. The number of carbonyl (C=O) groups excluding carboxylic acids is 2. The Morgan fingerprint density at radius 3 is 2.24 bits per heavy atom. The zero-order valence-corrected chi connectivity index (χ0v) is 16.7. The molecule has 6 heteroatoms. The number of aromatic nitrogens is 1. The fraction of sp³-hybridized carbons (Fsp3) is 0.579. The predicted molar refractivity (Wildman–Crippen MR) is 101 cm³/mol. The average Bonchev–Trinajstić information content (AvgIpc) is 2.50. The zero-order chi connectivity index (χ0) is 19.1. The molecule has 136 valence electrons. The van der Waals surface area contributed by atoms with Crippen LogP contribution in [0.4, 0.5) is 0 Å². The largest absolute Gasteiger partial charge is 0.341 e. The van der Waals surface area contributed by atoms with Gasteiger partial charge in [-0.1, -0.05) is 39.5 Å². The Balaban J connectivity index is 2.92. The van der Waals surface area contributed by atoms with Crippen LogP contribution in [0.2, 0.25) is 0 Å². The van der Waals surface area contributed by atoms with E-state index in [1.165, 1.54) is 18.7 Å². The molecule has 1 heterocycles. The third-order valence-electron chi connectivity index (χ3n) is 3.53. The highest BCUT2D eigenvalue weighted by molar-refractivity contribution is 7.99. The lowest BCUT2D eigenvalue weighted by molar-refractivity contribution is -0.129. The third-order valence-corrected chi connectivity index (χ3v) is 4.51. The lowest BCUT2D eigenvalue weighted by Crippen LogP contribution is -2.38. The van der Waals surface area contributed by atoms with Gasteiger partial charge in [0.2, 0.25) is 5.91 Å². The summed E-state index contributed by atoms with van der Waals surface area (Å²) in [5.41, 5.74) is 1.38. The Bertz CT molecular complexity index is 668. The fourth-order valence-electron chi connectivity index (χ4n) is 2.51. The summed E-state index contributed by atoms with van der Waals surface area (Å²) in [6.07, 6.45) is 0. The van der Waals surface area contributed by atoms with Crippen LogP contribution in [0, 0.1) is 30.1 Å². The van der Waals surface area contributed by atoms with Gasteiger partial charge in [-0.15, -0.1) is 0 Å². The molecule has 1 amide bonds. The van der Waals surface area contributed by atoms with Crippen LogP contribution in [-0.2, 0) is 4.79 Å². The molecule has 1 aromatic rings. The highest BCUT2D eigenvalue weighted by Crippen LogP contribution is 2.23. The van der Waals surface area contributed by atoms with Gasteiger partial charge >= 0.3 is 0 Å². The van der Waals surface area contributed by atoms with E-state index in [2.05, 4.69) is 38.7 Å². The Morgan fingerprint density at radius 1 is 1.24 bits per heavy atom. The van der Waals surface area contributed by atoms with Crippen molar-refractivity contribution in [3.8, 4) is 6.07 Å². The van der Waals surface area contributed by atoms with E-state index < -0.39 is 0 Å². The number of hydrogen-bond acceptors (Lipinski definition) is 5. The van der Waals surface area contributed by atoms with Gasteiger partial charge < -0.3 is 4.90 Å². The fourth-order valence-corrected chi connectivity index (χ4v) is 3.42. The van der Waals surface area contributed by atoms with Crippen molar-refractivity contribution in [1.29, 1.82) is 5.26 Å². The molecule has 0 saturated heterocycles. The summed E-state index contributed by atoms with van der Waals surface area (Å²) in [7, 11) is 0. The molecule has 0 spiro atoms. The van der Waals surface area contributed by atoms with Crippen molar-refractivity contribution in [2.24, 2.45) is 11.8 Å². The van der Waals surface area contributed by atoms with Gasteiger partial charge in [0.15, 0.2) is 5.78 Å². The monoisotopic (exact) mass is 361 g/mol. The highest BCUT2D eigenvalue weighted by atomic mass is 32.2. The van der Waals surface area contributed by atoms with Gasteiger partial charge in [-0.3, -0.25) is 9.59 Å². The molecule has 0 fully saturated rings. The number of hydrogen-bond donors (Lipinski definition) is 0. The number of aryl methyl sites for hydroxylation is 1. The lowest BCUT2D eigenvalue weighted by atomic mass is 10.1. The van der Waals surface area contributed by atoms with Gasteiger partial charge in [0, 0.05) is 24.3 Å². The van der Waals surface area contributed by atoms with Crippen LogP contribution >= 0.6 is 11.8 Å². The molecule has 0 aromatic carbocycles. The van der Waals surface area contributed by atoms with Crippen LogP contribution in [0.25, 0.3) is 0 Å². The van der Waals surface area contributed by atoms with Crippen molar-refractivity contribution in [2.45, 2.75) is 46.6 Å². The average molecular weight is 362 g/mol. The summed E-state index contributed by atoms with van der Waals surface area (Å²) >= 11 is 1.26. The first-order chi connectivity index (χ1) is 11.6. The zero-order valence-electron chi connectivity index (χ0n) is 15.9. The predicted octanol–water partition coefficient (Wildman–Crippen LogP) is 3.70. The van der Waals surface area contributed by atoms with Gasteiger partial charge in [0.05, 0.1) is 11.3 Å². The van der Waals surface area contributed by atoms with Crippen molar-refractivity contribution < 1.29 is 9.59 Å². The maximum atomic E-state index is 12.6. The van der Waals surface area contributed by atoms with E-state index in [0.717, 1.165) is 13.1 Å². The van der Waals surface area contributed by atoms with Crippen LogP contribution in [0.15, 0.2) is 11.1 Å². The van der Waals surface area contributed by atoms with Crippen LogP contribution in [0.3, 0.4) is 0 Å². The summed E-state index contributed by atoms with van der Waals surface area (Å²) in [4.78, 5) is 30.4. The van der Waals surface area contributed by atoms with Gasteiger partial charge in [0.25, 0.3) is 0 Å². The molecule has 0 radical (unpaired) electrons. The van der Waals surface area contributed by atoms with E-state index in [1.54, 1.807) is 13.0 Å². The number of pyridine rings is 1. The number of ketones is 1. The molecule has 0 bridgehead atoms. The number of rotatable bonds is 8. The lowest BCUT2D eigenvalue weighted by Gasteiger charge is -2.26. The second kappa shape index (κ2) is 9.57. The van der Waals surface area contributed by atoms with E-state index in [9.17, 15) is 14.9 Å². The smallest absolute Gasteiger partial charge is 0.233 e. The van der Waals surface area contributed by atoms with Crippen LogP contribution in [-0.4, -0.2) is 40.4 Å². The van der Waals surface area contributed by atoms with Crippen molar-refractivity contribution in [3.05, 3.63) is 22.9 Å². The molecule has 0 unspecified atom stereocenters. The first-order valence-electron chi connectivity index (χ1n) is 8.48. The summed E-state index contributed by atoms with van der Waals surface area (Å²) in [5.74, 6) is 0.968. The Morgan fingerprint density at radius 2 is 1.80 bits per heavy atom. The molecule has 25 heavy (non-hydrogen) atoms. The summed E-state index contributed by atoms with van der Waals surface area (Å²) < 4.78 is 0. The number of nitrogens with zero attached hydrogens (tertiary/aromatic N) is 3. The number of thioether (sulfide) groups is 1. The Kier molecular flexibility index (Phi) is 8.11. The van der Waals surface area contributed by atoms with Gasteiger partial charge in [-0.25, -0.2) is 4.98 Å². The topological polar surface area (TPSA) is 74.1 Å². The molecule has 0 aliphatic rings. The maximum absolute atomic E-state index is 12.6. The first-order valence-corrected chi connectivity index (χ1v) is 9.47. The van der Waals surface area contributed by atoms with Crippen LogP contribution in [0.1, 0.15) is 56.2 Å². The second-order valence-electron chi connectivity index (χ2n) is 7.02. The second-order valence-corrected chi connectivity index (χ2v) is 7.98. The number of carbonyl (C=O) groups is 2. The SMILES string of the molecule is CC(=O)c1cc(C#N)c(SCC(=O)N(CC(C)C)CC(C)C)nc1C. The summed E-state index contributed by atoms with van der Waals surface area (Å²) in [5, 5.41) is 9.82. The van der Waals surface area contributed by atoms with Crippen LogP contribution < -0.4 is 0 Å². The maximum Gasteiger partial charge on any atom is 0.233 e. The first kappa shape index (κ1) is 21.2. The highest BCUT2D eigenvalue weighted by Gasteiger charge is 2.19. The molecule has 0 N–H and O–H groups in total. The molecule has 1 aromatic heterocycles. The molecule has 0 aliphatic heterocycles. The molecule has 0 saturated carbocycles. The minimum Gasteiger partial charge on any atom is -0.341 e. The minimum atomic E-state index is -0.117. The Labute approximate surface area is 154 Å². The normalized spacial score (nSPS) is 10.8. The number of Topliss-reactive ketones (excluding diaryl/α,β-unsaturated/α-hetero) is 1. The summed E-state index contributed by atoms with van der Waals surface area (Å²) in [6, 6.07) is 3.64. The van der Waals surface area contributed by atoms with Gasteiger partial charge in [-0.2, -0.15) is 5.26 Å². The van der Waals surface area contributed by atoms with Crippen molar-refractivity contribution >= 4 is 23.5 Å². The van der Waals surface area contributed by atoms with E-state index in [0.29, 0.717) is 33.7 Å².